The van der Waals surface area contributed by atoms with E-state index in [2.05, 4.69) is 26.3 Å². The Morgan fingerprint density at radius 1 is 1.17 bits per heavy atom. The van der Waals surface area contributed by atoms with Crippen LogP contribution in [0.1, 0.15) is 5.01 Å². The summed E-state index contributed by atoms with van der Waals surface area (Å²) < 4.78 is 14.1. The number of nitriles is 1. The van der Waals surface area contributed by atoms with E-state index in [0.717, 1.165) is 15.6 Å². The van der Waals surface area contributed by atoms with Gasteiger partial charge in [0.1, 0.15) is 24.0 Å². The van der Waals surface area contributed by atoms with Crippen molar-refractivity contribution in [3.8, 4) is 6.07 Å². The largest absolute Gasteiger partial charge is 0.340 e. The second-order valence-corrected chi connectivity index (χ2v) is 6.32. The second kappa shape index (κ2) is 5.67. The van der Waals surface area contributed by atoms with Crippen LogP contribution in [-0.4, -0.2) is 15.0 Å². The van der Waals surface area contributed by atoms with Crippen LogP contribution in [0.2, 0.25) is 5.02 Å². The van der Waals surface area contributed by atoms with Gasteiger partial charge >= 0.3 is 0 Å². The van der Waals surface area contributed by atoms with Crippen LogP contribution in [0.5, 0.6) is 0 Å². The number of anilines is 2. The maximum atomic E-state index is 13.3. The fraction of sp³-hybridized carbons (Fsp3) is 0. The Kier molecular flexibility index (Phi) is 3.49. The number of hydrogen-bond donors (Lipinski definition) is 1. The van der Waals surface area contributed by atoms with Crippen LogP contribution in [0.25, 0.3) is 21.1 Å². The van der Waals surface area contributed by atoms with E-state index in [1.54, 1.807) is 6.07 Å². The number of halogens is 2. The lowest BCUT2D eigenvalue weighted by Crippen LogP contribution is -1.96. The summed E-state index contributed by atoms with van der Waals surface area (Å²) in [5, 5.41) is 13.4. The van der Waals surface area contributed by atoms with E-state index in [1.807, 2.05) is 12.1 Å². The number of thiazole rings is 1. The van der Waals surface area contributed by atoms with Crippen LogP contribution in [0.3, 0.4) is 0 Å². The van der Waals surface area contributed by atoms with Crippen molar-refractivity contribution in [2.45, 2.75) is 0 Å². The molecule has 0 saturated heterocycles. The highest BCUT2D eigenvalue weighted by molar-refractivity contribution is 7.20. The molecule has 0 bridgehead atoms. The summed E-state index contributed by atoms with van der Waals surface area (Å²) in [5.41, 5.74) is 2.03. The van der Waals surface area contributed by atoms with Crippen molar-refractivity contribution < 1.29 is 4.39 Å². The summed E-state index contributed by atoms with van der Waals surface area (Å²) >= 11 is 7.10. The van der Waals surface area contributed by atoms with E-state index >= 15 is 0 Å². The van der Waals surface area contributed by atoms with Crippen molar-refractivity contribution in [2.24, 2.45) is 0 Å². The zero-order chi connectivity index (χ0) is 16.7. The zero-order valence-electron chi connectivity index (χ0n) is 11.9. The molecule has 8 heteroatoms. The summed E-state index contributed by atoms with van der Waals surface area (Å²) in [6.45, 7) is 0. The molecular weight excluding hydrogens is 349 g/mol. The molecule has 0 atom stereocenters. The molecule has 0 spiro atoms. The van der Waals surface area contributed by atoms with Gasteiger partial charge in [0.2, 0.25) is 0 Å². The van der Waals surface area contributed by atoms with Gasteiger partial charge in [-0.25, -0.2) is 19.3 Å². The van der Waals surface area contributed by atoms with Gasteiger partial charge in [0, 0.05) is 5.69 Å². The number of rotatable bonds is 2. The van der Waals surface area contributed by atoms with Gasteiger partial charge in [-0.05, 0) is 30.3 Å². The van der Waals surface area contributed by atoms with E-state index in [9.17, 15) is 4.39 Å². The van der Waals surface area contributed by atoms with Gasteiger partial charge in [0.25, 0.3) is 0 Å². The van der Waals surface area contributed by atoms with Crippen LogP contribution in [0, 0.1) is 17.1 Å². The minimum Gasteiger partial charge on any atom is -0.340 e. The number of benzene rings is 2. The lowest BCUT2D eigenvalue weighted by Gasteiger charge is -2.09. The normalized spacial score (nSPS) is 10.9. The van der Waals surface area contributed by atoms with Gasteiger partial charge in [0.15, 0.2) is 5.01 Å². The SMILES string of the molecule is N#Cc1nc2ccc3ncnc(Nc4ccc(F)c(Cl)c4)c3c2s1. The van der Waals surface area contributed by atoms with Crippen molar-refractivity contribution in [1.29, 1.82) is 5.26 Å². The third-order valence-electron chi connectivity index (χ3n) is 3.43. The molecule has 4 aromatic rings. The number of aromatic nitrogens is 3. The van der Waals surface area contributed by atoms with E-state index in [0.29, 0.717) is 22.0 Å². The van der Waals surface area contributed by atoms with Crippen molar-refractivity contribution in [3.63, 3.8) is 0 Å². The molecular formula is C16H7ClFN5S. The van der Waals surface area contributed by atoms with Gasteiger partial charge in [-0.2, -0.15) is 5.26 Å². The molecule has 0 aliphatic carbocycles. The van der Waals surface area contributed by atoms with Gasteiger partial charge < -0.3 is 5.32 Å². The third kappa shape index (κ3) is 2.42. The van der Waals surface area contributed by atoms with Gasteiger partial charge in [-0.3, -0.25) is 0 Å². The molecule has 0 fully saturated rings. The maximum absolute atomic E-state index is 13.3. The summed E-state index contributed by atoms with van der Waals surface area (Å²) in [5.74, 6) is 0.0553. The van der Waals surface area contributed by atoms with E-state index < -0.39 is 5.82 Å². The Labute approximate surface area is 144 Å². The lowest BCUT2D eigenvalue weighted by molar-refractivity contribution is 0.628. The Morgan fingerprint density at radius 3 is 2.79 bits per heavy atom. The molecule has 2 aromatic carbocycles. The minimum absolute atomic E-state index is 0.0214. The predicted molar refractivity (Wildman–Crippen MR) is 92.1 cm³/mol. The monoisotopic (exact) mass is 355 g/mol. The molecule has 116 valence electrons. The highest BCUT2D eigenvalue weighted by atomic mass is 35.5. The highest BCUT2D eigenvalue weighted by Crippen LogP contribution is 2.34. The summed E-state index contributed by atoms with van der Waals surface area (Å²) in [7, 11) is 0. The molecule has 1 N–H and O–H groups in total. The fourth-order valence-electron chi connectivity index (χ4n) is 2.38. The van der Waals surface area contributed by atoms with E-state index in [4.69, 9.17) is 16.9 Å². The molecule has 0 saturated carbocycles. The molecule has 5 nitrogen and oxygen atoms in total. The van der Waals surface area contributed by atoms with Crippen molar-refractivity contribution in [3.05, 3.63) is 52.5 Å². The van der Waals surface area contributed by atoms with Crippen LogP contribution >= 0.6 is 22.9 Å². The quantitative estimate of drug-likeness (QED) is 0.566. The number of fused-ring (bicyclic) bond motifs is 3. The smallest absolute Gasteiger partial charge is 0.195 e. The van der Waals surface area contributed by atoms with Crippen molar-refractivity contribution in [2.75, 3.05) is 5.32 Å². The molecule has 2 aromatic heterocycles. The van der Waals surface area contributed by atoms with E-state index in [1.165, 1.54) is 29.8 Å². The average molecular weight is 356 g/mol. The molecule has 2 heterocycles. The molecule has 0 radical (unpaired) electrons. The molecule has 0 unspecified atom stereocenters. The molecule has 24 heavy (non-hydrogen) atoms. The van der Waals surface area contributed by atoms with E-state index in [-0.39, 0.29) is 5.02 Å². The Balaban J connectivity index is 1.92. The summed E-state index contributed by atoms with van der Waals surface area (Å²) in [6.07, 6.45) is 1.44. The first-order chi connectivity index (χ1) is 11.7. The molecule has 0 amide bonds. The fourth-order valence-corrected chi connectivity index (χ4v) is 3.47. The number of hydrogen-bond acceptors (Lipinski definition) is 6. The maximum Gasteiger partial charge on any atom is 0.195 e. The van der Waals surface area contributed by atoms with Crippen molar-refractivity contribution >= 4 is 55.6 Å². The minimum atomic E-state index is -0.488. The van der Waals surface area contributed by atoms with Crippen LogP contribution in [-0.2, 0) is 0 Å². The lowest BCUT2D eigenvalue weighted by atomic mass is 10.2. The summed E-state index contributed by atoms with van der Waals surface area (Å²) in [4.78, 5) is 12.8. The van der Waals surface area contributed by atoms with Gasteiger partial charge in [0.05, 0.1) is 26.1 Å². The first-order valence-electron chi connectivity index (χ1n) is 6.82. The number of nitrogens with zero attached hydrogens (tertiary/aromatic N) is 4. The topological polar surface area (TPSA) is 74.5 Å². The van der Waals surface area contributed by atoms with Crippen LogP contribution < -0.4 is 5.32 Å². The number of nitrogens with one attached hydrogen (secondary N) is 1. The first kappa shape index (κ1) is 14.8. The van der Waals surface area contributed by atoms with Crippen LogP contribution in [0.4, 0.5) is 15.9 Å². The van der Waals surface area contributed by atoms with Crippen LogP contribution in [0.15, 0.2) is 36.7 Å². The average Bonchev–Trinajstić information content (AvgIpc) is 3.02. The van der Waals surface area contributed by atoms with Gasteiger partial charge in [-0.15, -0.1) is 11.3 Å². The Bertz CT molecular complexity index is 1130. The Hall–Kier alpha value is -2.82. The Morgan fingerprint density at radius 2 is 2.00 bits per heavy atom. The summed E-state index contributed by atoms with van der Waals surface area (Å²) in [6, 6.07) is 10.0. The standard InChI is InChI=1S/C16H7ClFN5S/c17-9-5-8(1-2-10(9)18)22-16-14-11(20-7-21-16)3-4-12-15(14)24-13(6-19)23-12/h1-5,7H,(H,20,21,22). The predicted octanol–water partition coefficient (Wildman–Crippen LogP) is 4.65. The second-order valence-electron chi connectivity index (χ2n) is 4.91. The molecule has 4 rings (SSSR count). The highest BCUT2D eigenvalue weighted by Gasteiger charge is 2.13. The van der Waals surface area contributed by atoms with Gasteiger partial charge in [-0.1, -0.05) is 11.6 Å². The zero-order valence-corrected chi connectivity index (χ0v) is 13.5. The first-order valence-corrected chi connectivity index (χ1v) is 8.01. The molecule has 0 aliphatic heterocycles. The third-order valence-corrected chi connectivity index (χ3v) is 4.72. The molecule has 0 aliphatic rings. The van der Waals surface area contributed by atoms with Crippen molar-refractivity contribution in [1.82, 2.24) is 15.0 Å².